The summed E-state index contributed by atoms with van der Waals surface area (Å²) >= 11 is 5.13. The Morgan fingerprint density at radius 1 is 1.32 bits per heavy atom. The molecule has 1 saturated heterocycles. The van der Waals surface area contributed by atoms with Gasteiger partial charge in [0, 0.05) is 48.3 Å². The van der Waals surface area contributed by atoms with Gasteiger partial charge in [0.15, 0.2) is 0 Å². The maximum Gasteiger partial charge on any atom is 0.413 e. The van der Waals surface area contributed by atoms with Gasteiger partial charge in [-0.3, -0.25) is 4.79 Å². The fourth-order valence-electron chi connectivity index (χ4n) is 3.22. The number of carbonyl (C=O) groups is 2. The van der Waals surface area contributed by atoms with Crippen LogP contribution in [0.3, 0.4) is 0 Å². The van der Waals surface area contributed by atoms with E-state index in [4.69, 9.17) is 9.57 Å². The van der Waals surface area contributed by atoms with Gasteiger partial charge in [0.25, 0.3) is 5.91 Å². The summed E-state index contributed by atoms with van der Waals surface area (Å²) < 4.78 is 6.20. The Kier molecular flexibility index (Phi) is 7.23. The molecular formula is C19H24BrN3O4S. The first-order valence-corrected chi connectivity index (χ1v) is 11.3. The monoisotopic (exact) mass is 469 g/mol. The third kappa shape index (κ3) is 5.41. The average molecular weight is 470 g/mol. The molecule has 3 rings (SSSR count). The van der Waals surface area contributed by atoms with Crippen LogP contribution in [-0.4, -0.2) is 59.5 Å². The lowest BCUT2D eigenvalue weighted by Crippen LogP contribution is -2.47. The van der Waals surface area contributed by atoms with Crippen molar-refractivity contribution in [1.29, 1.82) is 0 Å². The number of likely N-dealkylation sites (tertiary alicyclic amines) is 1. The number of nitrogens with zero attached hydrogens (tertiary/aromatic N) is 2. The van der Waals surface area contributed by atoms with E-state index in [0.717, 1.165) is 16.0 Å². The van der Waals surface area contributed by atoms with Gasteiger partial charge < -0.3 is 19.8 Å². The van der Waals surface area contributed by atoms with Gasteiger partial charge in [-0.2, -0.15) is 11.8 Å². The first-order chi connectivity index (χ1) is 13.5. The number of halogens is 1. The maximum atomic E-state index is 12.6. The highest BCUT2D eigenvalue weighted by atomic mass is 79.9. The van der Waals surface area contributed by atoms with Gasteiger partial charge in [0.05, 0.1) is 6.42 Å². The molecule has 0 bridgehead atoms. The van der Waals surface area contributed by atoms with Crippen molar-refractivity contribution in [2.45, 2.75) is 31.8 Å². The number of amides is 2. The van der Waals surface area contributed by atoms with Crippen LogP contribution in [0.2, 0.25) is 0 Å². The second-order valence-corrected chi connectivity index (χ2v) is 9.06. The smallest absolute Gasteiger partial charge is 0.392 e. The molecule has 28 heavy (non-hydrogen) atoms. The van der Waals surface area contributed by atoms with Crippen LogP contribution in [0.5, 0.6) is 0 Å². The van der Waals surface area contributed by atoms with Crippen molar-refractivity contribution < 1.29 is 19.2 Å². The van der Waals surface area contributed by atoms with Crippen LogP contribution in [0, 0.1) is 0 Å². The van der Waals surface area contributed by atoms with Crippen LogP contribution in [0.15, 0.2) is 33.9 Å². The highest BCUT2D eigenvalue weighted by Gasteiger charge is 2.44. The molecule has 2 aliphatic rings. The number of alkyl carbamates (subject to hydrolysis) is 1. The van der Waals surface area contributed by atoms with Crippen molar-refractivity contribution in [1.82, 2.24) is 10.2 Å². The number of oxime groups is 1. The van der Waals surface area contributed by atoms with Crippen molar-refractivity contribution in [2.24, 2.45) is 5.16 Å². The first kappa shape index (κ1) is 21.0. The molecule has 1 N–H and O–H groups in total. The molecule has 1 fully saturated rings. The minimum Gasteiger partial charge on any atom is -0.392 e. The van der Waals surface area contributed by atoms with Gasteiger partial charge in [0.1, 0.15) is 5.60 Å². The highest BCUT2D eigenvalue weighted by Crippen LogP contribution is 2.35. The zero-order chi connectivity index (χ0) is 20.0. The molecule has 2 amide bonds. The summed E-state index contributed by atoms with van der Waals surface area (Å²) in [5, 5.41) is 6.66. The number of hydrogen-bond donors (Lipinski definition) is 1. The number of carbonyl (C=O) groups excluding carboxylic acids is 2. The van der Waals surface area contributed by atoms with Crippen molar-refractivity contribution >= 4 is 45.6 Å². The molecule has 0 aliphatic carbocycles. The van der Waals surface area contributed by atoms with Gasteiger partial charge in [-0.05, 0) is 30.0 Å². The predicted octanol–water partition coefficient (Wildman–Crippen LogP) is 3.64. The molecule has 2 aliphatic heterocycles. The molecule has 0 saturated carbocycles. The van der Waals surface area contributed by atoms with Gasteiger partial charge in [-0.15, -0.1) is 0 Å². The normalized spacial score (nSPS) is 17.8. The standard InChI is InChI=1S/C19H24BrN3O4S/c1-2-28-12-9-21-18(25)26-16-13-19(27-22-16)7-10-23(11-8-19)17(24)14-3-5-15(20)6-4-14/h3-6H,2,7-13H2,1H3,(H,21,25). The molecule has 7 nitrogen and oxygen atoms in total. The summed E-state index contributed by atoms with van der Waals surface area (Å²) in [7, 11) is 0. The number of benzene rings is 1. The summed E-state index contributed by atoms with van der Waals surface area (Å²) in [5.74, 6) is 2.18. The van der Waals surface area contributed by atoms with Gasteiger partial charge >= 0.3 is 6.09 Å². The Balaban J connectivity index is 1.44. The minimum absolute atomic E-state index is 0.0158. The van der Waals surface area contributed by atoms with Crippen LogP contribution in [0.1, 0.15) is 36.5 Å². The lowest BCUT2D eigenvalue weighted by Gasteiger charge is -2.37. The van der Waals surface area contributed by atoms with Crippen LogP contribution in [0.4, 0.5) is 4.79 Å². The van der Waals surface area contributed by atoms with E-state index in [2.05, 4.69) is 33.3 Å². The Morgan fingerprint density at radius 2 is 2.04 bits per heavy atom. The maximum absolute atomic E-state index is 12.6. The van der Waals surface area contributed by atoms with E-state index in [-0.39, 0.29) is 5.91 Å². The Hall–Kier alpha value is -1.74. The number of piperidine rings is 1. The lowest BCUT2D eigenvalue weighted by molar-refractivity contribution is -0.0568. The minimum atomic E-state index is -0.501. The third-order valence-electron chi connectivity index (χ3n) is 4.80. The molecule has 152 valence electrons. The molecule has 1 aromatic rings. The van der Waals surface area contributed by atoms with Crippen LogP contribution in [0.25, 0.3) is 0 Å². The summed E-state index contributed by atoms with van der Waals surface area (Å²) in [5.41, 5.74) is 0.189. The SMILES string of the molecule is CCSCCNC(=O)OC1=NOC2(CCN(C(=O)c3ccc(Br)cc3)CC2)C1. The van der Waals surface area contributed by atoms with Gasteiger partial charge in [0.2, 0.25) is 5.90 Å². The van der Waals surface area contributed by atoms with E-state index in [0.29, 0.717) is 50.4 Å². The largest absolute Gasteiger partial charge is 0.413 e. The quantitative estimate of drug-likeness (QED) is 0.665. The Labute approximate surface area is 177 Å². The Morgan fingerprint density at radius 3 is 2.71 bits per heavy atom. The Bertz CT molecular complexity index is 733. The van der Waals surface area contributed by atoms with Crippen molar-refractivity contribution in [3.05, 3.63) is 34.3 Å². The molecule has 0 radical (unpaired) electrons. The van der Waals surface area contributed by atoms with Gasteiger partial charge in [-0.1, -0.05) is 28.0 Å². The van der Waals surface area contributed by atoms with E-state index >= 15 is 0 Å². The first-order valence-electron chi connectivity index (χ1n) is 9.35. The van der Waals surface area contributed by atoms with E-state index < -0.39 is 11.7 Å². The molecular weight excluding hydrogens is 446 g/mol. The number of thioether (sulfide) groups is 1. The second-order valence-electron chi connectivity index (χ2n) is 6.75. The van der Waals surface area contributed by atoms with Crippen LogP contribution < -0.4 is 5.32 Å². The van der Waals surface area contributed by atoms with Crippen molar-refractivity contribution in [3.63, 3.8) is 0 Å². The lowest BCUT2D eigenvalue weighted by atomic mass is 9.88. The average Bonchev–Trinajstić information content (AvgIpc) is 3.08. The molecule has 1 aromatic carbocycles. The summed E-state index contributed by atoms with van der Waals surface area (Å²) in [6, 6.07) is 7.36. The topological polar surface area (TPSA) is 80.2 Å². The fraction of sp³-hybridized carbons (Fsp3) is 0.526. The molecule has 0 atom stereocenters. The van der Waals surface area contributed by atoms with E-state index in [1.54, 1.807) is 11.8 Å². The van der Waals surface area contributed by atoms with Crippen molar-refractivity contribution in [2.75, 3.05) is 31.1 Å². The van der Waals surface area contributed by atoms with Crippen LogP contribution in [-0.2, 0) is 9.57 Å². The molecule has 1 spiro atoms. The summed E-state index contributed by atoms with van der Waals surface area (Å²) in [6.07, 6.45) is 1.25. The number of rotatable bonds is 5. The zero-order valence-electron chi connectivity index (χ0n) is 15.8. The van der Waals surface area contributed by atoms with E-state index in [1.165, 1.54) is 0 Å². The number of hydrogen-bond acceptors (Lipinski definition) is 6. The zero-order valence-corrected chi connectivity index (χ0v) is 18.2. The van der Waals surface area contributed by atoms with Crippen LogP contribution >= 0.6 is 27.7 Å². The summed E-state index contributed by atoms with van der Waals surface area (Å²) in [6.45, 7) is 3.80. The predicted molar refractivity (Wildman–Crippen MR) is 113 cm³/mol. The van der Waals surface area contributed by atoms with E-state index in [1.807, 2.05) is 29.2 Å². The third-order valence-corrected chi connectivity index (χ3v) is 6.23. The molecule has 0 unspecified atom stereocenters. The molecule has 0 aromatic heterocycles. The molecule has 2 heterocycles. The number of ether oxygens (including phenoxy) is 1. The second kappa shape index (κ2) is 9.65. The van der Waals surface area contributed by atoms with E-state index in [9.17, 15) is 9.59 Å². The van der Waals surface area contributed by atoms with Gasteiger partial charge in [-0.25, -0.2) is 4.79 Å². The molecule has 9 heteroatoms. The highest BCUT2D eigenvalue weighted by molar-refractivity contribution is 9.10. The summed E-state index contributed by atoms with van der Waals surface area (Å²) in [4.78, 5) is 31.9. The number of nitrogens with one attached hydrogen (secondary N) is 1. The fourth-order valence-corrected chi connectivity index (χ4v) is 4.02. The van der Waals surface area contributed by atoms with Crippen molar-refractivity contribution in [3.8, 4) is 0 Å².